The molecule has 3 saturated carbocycles. The molecule has 6 aromatic carbocycles. The van der Waals surface area contributed by atoms with Crippen molar-refractivity contribution in [2.45, 2.75) is 132 Å². The van der Waals surface area contributed by atoms with E-state index in [4.69, 9.17) is 34.8 Å². The van der Waals surface area contributed by atoms with E-state index in [0.717, 1.165) is 136 Å². The fourth-order valence-electron chi connectivity index (χ4n) is 17.1. The van der Waals surface area contributed by atoms with Crippen LogP contribution < -0.4 is 15.1 Å². The third-order valence-corrected chi connectivity index (χ3v) is 25.7. The van der Waals surface area contributed by atoms with Crippen molar-refractivity contribution >= 4 is 87.3 Å². The minimum atomic E-state index is -5.12. The number of carbonyl (C=O) groups excluding carboxylic acids is 6. The van der Waals surface area contributed by atoms with E-state index in [1.807, 2.05) is 32.3 Å². The molecule has 3 aliphatic carbocycles. The fourth-order valence-corrected chi connectivity index (χ4v) is 17.9. The highest BCUT2D eigenvalue weighted by atomic mass is 35.5. The summed E-state index contributed by atoms with van der Waals surface area (Å²) in [4.78, 5) is 87.6. The van der Waals surface area contributed by atoms with Gasteiger partial charge >= 0.3 is 18.5 Å². The molecule has 0 unspecified atom stereocenters. The number of hydrogen-bond donors (Lipinski definition) is 4. The van der Waals surface area contributed by atoms with Crippen LogP contribution in [0.15, 0.2) is 146 Å². The van der Waals surface area contributed by atoms with Gasteiger partial charge in [0.05, 0.1) is 31.8 Å². The van der Waals surface area contributed by atoms with E-state index in [1.165, 1.54) is 67.0 Å². The maximum absolute atomic E-state index is 13.9. The zero-order chi connectivity index (χ0) is 84.9. The number of anilines is 3. The molecule has 6 fully saturated rings. The molecule has 30 heteroatoms. The molecule has 4 N–H and O–H groups in total. The first-order valence-electron chi connectivity index (χ1n) is 39.1. The Labute approximate surface area is 686 Å². The van der Waals surface area contributed by atoms with Crippen LogP contribution in [0.5, 0.6) is 0 Å². The zero-order valence-corrected chi connectivity index (χ0v) is 68.7. The third-order valence-electron chi connectivity index (χ3n) is 24.8. The summed E-state index contributed by atoms with van der Waals surface area (Å²) in [5, 5.41) is 36.4. The summed E-state index contributed by atoms with van der Waals surface area (Å²) in [5.74, 6) is -2.93. The van der Waals surface area contributed by atoms with E-state index in [0.29, 0.717) is 88.0 Å². The van der Waals surface area contributed by atoms with Gasteiger partial charge in [-0.25, -0.2) is 0 Å². The van der Waals surface area contributed by atoms with Crippen LogP contribution in [0, 0.1) is 34.0 Å². The summed E-state index contributed by atoms with van der Waals surface area (Å²) in [6, 6.07) is 35.8. The highest BCUT2D eigenvalue weighted by Gasteiger charge is 2.67. The van der Waals surface area contributed by atoms with Crippen LogP contribution in [0.4, 0.5) is 56.6 Å². The summed E-state index contributed by atoms with van der Waals surface area (Å²) < 4.78 is 125. The van der Waals surface area contributed by atoms with Crippen molar-refractivity contribution in [1.82, 2.24) is 29.4 Å². The van der Waals surface area contributed by atoms with Crippen molar-refractivity contribution in [3.05, 3.63) is 194 Å². The van der Waals surface area contributed by atoms with Gasteiger partial charge in [-0.05, 0) is 185 Å². The molecule has 6 aromatic rings. The first kappa shape index (κ1) is 90.0. The molecule has 0 bridgehead atoms. The topological polar surface area (TPSA) is 201 Å². The lowest BCUT2D eigenvalue weighted by Gasteiger charge is -2.39. The second-order valence-corrected chi connectivity index (χ2v) is 33.9. The summed E-state index contributed by atoms with van der Waals surface area (Å²) in [5.41, 5.74) is -7.80. The minimum Gasteiger partial charge on any atom is -0.385 e. The Bertz CT molecular complexity index is 4260. The third kappa shape index (κ3) is 19.5. The van der Waals surface area contributed by atoms with Crippen molar-refractivity contribution < 1.29 is 83.6 Å². The van der Waals surface area contributed by atoms with Crippen molar-refractivity contribution in [3.8, 4) is 0 Å². The standard InChI is InChI=1S/2C29H35ClF3N3O3.C28H33ClF3N3O3/c2*1-34(2)25(37)23-12-11-22(18-24(23)30)35(3)15-7-10-21-19-27(21)13-16-36(17-14-27)26(38)28(39,29(31,32)33)20-8-5-4-6-9-20;1-34(2)24(36)22-11-10-21(17-23(22)29)33-14-6-9-20-18-26(20)12-15-35(16-13-26)25(37)27(38,28(30,31)32)19-7-4-3-5-8-19/h2*4-6,8-9,11-12,18,21,39H,7,10,13-17,19H2,1-3H3;3-5,7-8,10-11,17,20,33,38H,6,9,12-16,18H2,1-2H3/t2*21-,28-;20-,27-/m111/s1. The number of likely N-dealkylation sites (tertiary alicyclic amines) is 3. The number of nitrogens with one attached hydrogen (secondary N) is 1. The maximum atomic E-state index is 13.9. The Morgan fingerprint density at radius 1 is 0.397 bits per heavy atom. The lowest BCUT2D eigenvalue weighted by atomic mass is 9.86. The number of alkyl halides is 9. The molecular weight excluding hydrogens is 1580 g/mol. The molecular formula is C86H103Cl3F9N9O9. The molecule has 630 valence electrons. The molecule has 3 spiro atoms. The van der Waals surface area contributed by atoms with E-state index < -0.39 is 69.7 Å². The number of carbonyl (C=O) groups is 6. The van der Waals surface area contributed by atoms with Gasteiger partial charge in [-0.15, -0.1) is 0 Å². The van der Waals surface area contributed by atoms with Crippen LogP contribution >= 0.6 is 34.8 Å². The molecule has 0 radical (unpaired) electrons. The van der Waals surface area contributed by atoms with Crippen LogP contribution in [0.1, 0.15) is 144 Å². The number of aliphatic hydroxyl groups is 3. The molecule has 12 rings (SSSR count). The Hall–Kier alpha value is -8.34. The molecule has 3 saturated heterocycles. The zero-order valence-electron chi connectivity index (χ0n) is 66.5. The van der Waals surface area contributed by atoms with Crippen LogP contribution in [-0.2, 0) is 31.2 Å². The number of amides is 6. The molecule has 6 aliphatic rings. The quantitative estimate of drug-likeness (QED) is 0.0331. The average Bonchev–Trinajstić information content (AvgIpc) is 1.47. The molecule has 0 aromatic heterocycles. The fraction of sp³-hybridized carbons (Fsp3) is 0.512. The van der Waals surface area contributed by atoms with Gasteiger partial charge in [0.1, 0.15) is 0 Å². The second kappa shape index (κ2) is 36.1. The van der Waals surface area contributed by atoms with Gasteiger partial charge < -0.3 is 59.8 Å². The van der Waals surface area contributed by atoms with Gasteiger partial charge in [0, 0.05) is 149 Å². The highest BCUT2D eigenvalue weighted by Crippen LogP contribution is 2.64. The van der Waals surface area contributed by atoms with Crippen molar-refractivity contribution in [3.63, 3.8) is 0 Å². The largest absolute Gasteiger partial charge is 0.430 e. The maximum Gasteiger partial charge on any atom is 0.430 e. The number of halogens is 12. The molecule has 3 heterocycles. The Kier molecular flexibility index (Phi) is 28.0. The number of hydrogen-bond acceptors (Lipinski definition) is 12. The SMILES string of the molecule is CN(C)C(=O)c1ccc(N(C)CCC[C@@H]2CC23CCN(C(=O)[C@](O)(c2ccccc2)C(F)(F)F)CC3)cc1Cl.CN(C)C(=O)c1ccc(N(C)CCC[C@@H]2CC23CCN(C(=O)[C@](O)(c2ccccc2)C(F)(F)F)CC3)cc1Cl.CN(C)C(=O)c1ccc(NCCC[C@@H]2CC23CCN(C(=O)[C@](O)(c2ccccc2)C(F)(F)F)CC3)cc1Cl. The predicted molar refractivity (Wildman–Crippen MR) is 429 cm³/mol. The molecule has 116 heavy (non-hydrogen) atoms. The lowest BCUT2D eigenvalue weighted by molar-refractivity contribution is -0.263. The second-order valence-electron chi connectivity index (χ2n) is 32.7. The van der Waals surface area contributed by atoms with E-state index in [-0.39, 0.29) is 73.2 Å². The first-order valence-corrected chi connectivity index (χ1v) is 40.2. The highest BCUT2D eigenvalue weighted by molar-refractivity contribution is 6.35. The number of rotatable bonds is 24. The first-order chi connectivity index (χ1) is 54.5. The summed E-state index contributed by atoms with van der Waals surface area (Å²) in [6.07, 6.45) is -2.80. The van der Waals surface area contributed by atoms with E-state index in [2.05, 4.69) is 15.1 Å². The van der Waals surface area contributed by atoms with Gasteiger partial charge in [-0.3, -0.25) is 28.8 Å². The summed E-state index contributed by atoms with van der Waals surface area (Å²) in [7, 11) is 14.0. The monoisotopic (exact) mass is 1680 g/mol. The van der Waals surface area contributed by atoms with Crippen molar-refractivity contribution in [2.24, 2.45) is 34.0 Å². The van der Waals surface area contributed by atoms with Crippen LogP contribution in [0.25, 0.3) is 0 Å². The van der Waals surface area contributed by atoms with E-state index >= 15 is 0 Å². The minimum absolute atomic E-state index is 0.0654. The summed E-state index contributed by atoms with van der Waals surface area (Å²) >= 11 is 19.0. The Morgan fingerprint density at radius 3 is 0.922 bits per heavy atom. The smallest absolute Gasteiger partial charge is 0.385 e. The summed E-state index contributed by atoms with van der Waals surface area (Å²) in [6.45, 7) is 3.55. The lowest BCUT2D eigenvalue weighted by Crippen LogP contribution is -2.57. The van der Waals surface area contributed by atoms with Crippen molar-refractivity contribution in [1.29, 1.82) is 0 Å². The molecule has 6 amide bonds. The van der Waals surface area contributed by atoms with E-state index in [9.17, 15) is 83.6 Å². The Balaban J connectivity index is 0.000000184. The number of piperidine rings is 3. The molecule has 3 aliphatic heterocycles. The predicted octanol–water partition coefficient (Wildman–Crippen LogP) is 16.0. The van der Waals surface area contributed by atoms with Gasteiger partial charge in [0.15, 0.2) is 0 Å². The molecule has 18 nitrogen and oxygen atoms in total. The number of benzene rings is 6. The van der Waals surface area contributed by atoms with Crippen LogP contribution in [0.2, 0.25) is 15.1 Å². The van der Waals surface area contributed by atoms with Crippen LogP contribution in [-0.4, -0.2) is 214 Å². The van der Waals surface area contributed by atoms with Gasteiger partial charge in [0.25, 0.3) is 52.2 Å². The van der Waals surface area contributed by atoms with E-state index in [1.54, 1.807) is 90.8 Å². The van der Waals surface area contributed by atoms with Gasteiger partial charge in [-0.2, -0.15) is 39.5 Å². The normalized spacial score (nSPS) is 20.0. The van der Waals surface area contributed by atoms with Crippen molar-refractivity contribution in [2.75, 3.05) is 130 Å². The number of nitrogens with zero attached hydrogens (tertiary/aromatic N) is 8. The average molecular weight is 1680 g/mol. The Morgan fingerprint density at radius 2 is 0.664 bits per heavy atom. The van der Waals surface area contributed by atoms with Gasteiger partial charge in [-0.1, -0.05) is 126 Å². The molecule has 6 atom stereocenters. The van der Waals surface area contributed by atoms with Crippen LogP contribution in [0.3, 0.4) is 0 Å². The van der Waals surface area contributed by atoms with Gasteiger partial charge in [0.2, 0.25) is 0 Å².